The fourth-order valence-corrected chi connectivity index (χ4v) is 5.48. The minimum absolute atomic E-state index is 0.136. The highest BCUT2D eigenvalue weighted by Gasteiger charge is 2.34. The number of hydrogen-bond acceptors (Lipinski definition) is 8. The highest BCUT2D eigenvalue weighted by atomic mass is 32.1. The van der Waals surface area contributed by atoms with Gasteiger partial charge in [0.25, 0.3) is 5.56 Å². The van der Waals surface area contributed by atoms with E-state index in [1.807, 2.05) is 66.8 Å². The van der Waals surface area contributed by atoms with E-state index in [1.165, 1.54) is 22.7 Å². The molecule has 0 bridgehead atoms. The van der Waals surface area contributed by atoms with Crippen LogP contribution in [0.15, 0.2) is 62.8 Å². The molecule has 0 saturated carbocycles. The molecule has 1 aromatic carbocycles. The van der Waals surface area contributed by atoms with Gasteiger partial charge in [-0.15, -0.1) is 11.3 Å². The van der Waals surface area contributed by atoms with Gasteiger partial charge in [-0.3, -0.25) is 9.36 Å². The van der Waals surface area contributed by atoms with Gasteiger partial charge in [0, 0.05) is 31.8 Å². The number of carbonyl (C=O) groups excluding carboxylic acids is 1. The third-order valence-electron chi connectivity index (χ3n) is 5.28. The summed E-state index contributed by atoms with van der Waals surface area (Å²) in [7, 11) is 5.52. The Hall–Kier alpha value is -3.01. The van der Waals surface area contributed by atoms with Crippen LogP contribution in [0.3, 0.4) is 0 Å². The maximum atomic E-state index is 13.5. The van der Waals surface area contributed by atoms with Gasteiger partial charge in [0.15, 0.2) is 4.80 Å². The number of methoxy groups -OCH3 is 1. The summed E-state index contributed by atoms with van der Waals surface area (Å²) in [6.45, 7) is 2.22. The lowest BCUT2D eigenvalue weighted by atomic mass is 10.0. The van der Waals surface area contributed by atoms with E-state index in [-0.39, 0.29) is 12.2 Å². The van der Waals surface area contributed by atoms with Gasteiger partial charge in [-0.2, -0.15) is 0 Å². The summed E-state index contributed by atoms with van der Waals surface area (Å²) in [5, 5.41) is 1.93. The molecule has 1 aliphatic rings. The number of thiophene rings is 1. The van der Waals surface area contributed by atoms with E-state index in [2.05, 4.69) is 4.99 Å². The maximum Gasteiger partial charge on any atom is 0.338 e. The average molecular weight is 484 g/mol. The molecule has 3 aromatic rings. The number of benzene rings is 1. The van der Waals surface area contributed by atoms with Crippen molar-refractivity contribution in [1.29, 1.82) is 0 Å². The molecule has 9 heteroatoms. The molecule has 4 rings (SSSR count). The quantitative estimate of drug-likeness (QED) is 0.382. The summed E-state index contributed by atoms with van der Waals surface area (Å²) in [5.74, 6) is -0.486. The Morgan fingerprint density at radius 1 is 1.21 bits per heavy atom. The van der Waals surface area contributed by atoms with Crippen molar-refractivity contribution in [3.63, 3.8) is 0 Å². The Labute approximate surface area is 199 Å². The molecule has 0 spiro atoms. The third kappa shape index (κ3) is 4.71. The Kier molecular flexibility index (Phi) is 6.92. The molecular weight excluding hydrogens is 458 g/mol. The molecule has 0 N–H and O–H groups in total. The molecule has 0 unspecified atom stereocenters. The number of allylic oxidation sites excluding steroid dienone is 1. The molecular formula is C24H25N3O4S2. The number of hydrogen-bond donors (Lipinski definition) is 0. The lowest BCUT2D eigenvalue weighted by Gasteiger charge is -2.23. The van der Waals surface area contributed by atoms with Gasteiger partial charge in [-0.05, 0) is 42.1 Å². The summed E-state index contributed by atoms with van der Waals surface area (Å²) in [4.78, 5) is 34.6. The van der Waals surface area contributed by atoms with Gasteiger partial charge in [-0.25, -0.2) is 9.79 Å². The van der Waals surface area contributed by atoms with Crippen LogP contribution in [0.4, 0.5) is 5.69 Å². The van der Waals surface area contributed by atoms with E-state index in [9.17, 15) is 9.59 Å². The molecule has 0 fully saturated rings. The highest BCUT2D eigenvalue weighted by Crippen LogP contribution is 2.33. The Morgan fingerprint density at radius 2 is 1.97 bits per heavy atom. The van der Waals surface area contributed by atoms with Crippen LogP contribution in [-0.4, -0.2) is 45.0 Å². The van der Waals surface area contributed by atoms with E-state index in [1.54, 1.807) is 18.6 Å². The van der Waals surface area contributed by atoms with Gasteiger partial charge < -0.3 is 14.4 Å². The van der Waals surface area contributed by atoms with Crippen LogP contribution < -0.4 is 19.8 Å². The van der Waals surface area contributed by atoms with Gasteiger partial charge in [-0.1, -0.05) is 29.5 Å². The van der Waals surface area contributed by atoms with E-state index < -0.39 is 12.0 Å². The second-order valence-electron chi connectivity index (χ2n) is 7.71. The zero-order chi connectivity index (χ0) is 23.5. The lowest BCUT2D eigenvalue weighted by molar-refractivity contribution is -0.140. The molecule has 2 aromatic heterocycles. The first-order chi connectivity index (χ1) is 15.9. The van der Waals surface area contributed by atoms with Gasteiger partial charge in [0.05, 0.1) is 22.4 Å². The fourth-order valence-electron chi connectivity index (χ4n) is 3.61. The Bertz CT molecular complexity index is 1350. The maximum absolute atomic E-state index is 13.5. The summed E-state index contributed by atoms with van der Waals surface area (Å²) in [6.07, 6.45) is 1.87. The number of fused-ring (bicyclic) bond motifs is 1. The minimum Gasteiger partial charge on any atom is -0.460 e. The molecule has 7 nitrogen and oxygen atoms in total. The van der Waals surface area contributed by atoms with Crippen molar-refractivity contribution in [3.05, 3.63) is 83.2 Å². The van der Waals surface area contributed by atoms with Crippen LogP contribution in [0.5, 0.6) is 0 Å². The van der Waals surface area contributed by atoms with Crippen molar-refractivity contribution in [2.75, 3.05) is 39.3 Å². The summed E-state index contributed by atoms with van der Waals surface area (Å²) in [6, 6.07) is 11.2. The number of esters is 1. The zero-order valence-corrected chi connectivity index (χ0v) is 20.5. The predicted molar refractivity (Wildman–Crippen MR) is 132 cm³/mol. The lowest BCUT2D eigenvalue weighted by Crippen LogP contribution is -2.39. The number of thiazole rings is 1. The smallest absolute Gasteiger partial charge is 0.338 e. The zero-order valence-electron chi connectivity index (χ0n) is 18.9. The summed E-state index contributed by atoms with van der Waals surface area (Å²) < 4.78 is 12.6. The van der Waals surface area contributed by atoms with Crippen LogP contribution in [-0.2, 0) is 14.3 Å². The van der Waals surface area contributed by atoms with Gasteiger partial charge >= 0.3 is 5.97 Å². The Morgan fingerprint density at radius 3 is 2.61 bits per heavy atom. The molecule has 3 heterocycles. The third-order valence-corrected chi connectivity index (χ3v) is 7.19. The monoisotopic (exact) mass is 483 g/mol. The van der Waals surface area contributed by atoms with Crippen LogP contribution in [0.25, 0.3) is 6.08 Å². The number of rotatable bonds is 7. The van der Waals surface area contributed by atoms with E-state index in [0.717, 1.165) is 16.1 Å². The molecule has 33 heavy (non-hydrogen) atoms. The number of nitrogens with zero attached hydrogens (tertiary/aromatic N) is 3. The number of ether oxygens (including phenoxy) is 2. The summed E-state index contributed by atoms with van der Waals surface area (Å²) in [5.41, 5.74) is 2.76. The number of carbonyl (C=O) groups is 1. The molecule has 172 valence electrons. The van der Waals surface area contributed by atoms with Crippen molar-refractivity contribution < 1.29 is 14.3 Å². The first-order valence-corrected chi connectivity index (χ1v) is 12.1. The molecule has 0 aliphatic carbocycles. The molecule has 0 radical (unpaired) electrons. The van der Waals surface area contributed by atoms with E-state index in [0.29, 0.717) is 27.2 Å². The number of anilines is 1. The van der Waals surface area contributed by atoms with Crippen molar-refractivity contribution in [2.24, 2.45) is 4.99 Å². The first-order valence-electron chi connectivity index (χ1n) is 10.4. The average Bonchev–Trinajstić information content (AvgIpc) is 3.42. The van der Waals surface area contributed by atoms with Crippen molar-refractivity contribution in [2.45, 2.75) is 13.0 Å². The largest absolute Gasteiger partial charge is 0.460 e. The molecule has 1 atom stereocenters. The van der Waals surface area contributed by atoms with Crippen molar-refractivity contribution in [3.8, 4) is 0 Å². The summed E-state index contributed by atoms with van der Waals surface area (Å²) >= 11 is 2.82. The van der Waals surface area contributed by atoms with Crippen molar-refractivity contribution in [1.82, 2.24) is 4.57 Å². The van der Waals surface area contributed by atoms with Gasteiger partial charge in [0.1, 0.15) is 12.6 Å². The molecule has 1 aliphatic heterocycles. The predicted octanol–water partition coefficient (Wildman–Crippen LogP) is 2.55. The van der Waals surface area contributed by atoms with Crippen LogP contribution in [0.2, 0.25) is 0 Å². The second-order valence-corrected chi connectivity index (χ2v) is 9.70. The normalized spacial score (nSPS) is 15.9. The Balaban J connectivity index is 1.81. The molecule has 0 amide bonds. The second kappa shape index (κ2) is 9.86. The van der Waals surface area contributed by atoms with Gasteiger partial charge in [0.2, 0.25) is 0 Å². The first kappa shape index (κ1) is 23.2. The fraction of sp³-hybridized carbons (Fsp3) is 0.292. The SMILES string of the molecule is COCCOC(=O)C1=C(C)N=c2s/c(=C\c3ccc(N(C)C)cc3)c(=O)n2[C@@H]1c1cccs1. The minimum atomic E-state index is -0.574. The topological polar surface area (TPSA) is 73.1 Å². The van der Waals surface area contributed by atoms with Crippen LogP contribution in [0, 0.1) is 0 Å². The van der Waals surface area contributed by atoms with Crippen LogP contribution >= 0.6 is 22.7 Å². The van der Waals surface area contributed by atoms with Crippen LogP contribution in [0.1, 0.15) is 23.4 Å². The van der Waals surface area contributed by atoms with E-state index >= 15 is 0 Å². The standard InChI is InChI=1S/C24H25N3O4S2/c1-15-20(23(29)31-12-11-30-4)21(18-6-5-13-32-18)27-22(28)19(33-24(27)25-15)14-16-7-9-17(10-8-16)26(2)3/h5-10,13-14,21H,11-12H2,1-4H3/b19-14-/t21-/m1/s1. The molecule has 0 saturated heterocycles. The highest BCUT2D eigenvalue weighted by molar-refractivity contribution is 7.10. The number of aromatic nitrogens is 1. The van der Waals surface area contributed by atoms with E-state index in [4.69, 9.17) is 9.47 Å². The van der Waals surface area contributed by atoms with Crippen molar-refractivity contribution >= 4 is 40.4 Å².